The second-order valence-corrected chi connectivity index (χ2v) is 8.22. The molecule has 1 atom stereocenters. The lowest BCUT2D eigenvalue weighted by Gasteiger charge is -2.13. The molecule has 2 rings (SSSR count). The van der Waals surface area contributed by atoms with Gasteiger partial charge in [0.2, 0.25) is 10.0 Å². The van der Waals surface area contributed by atoms with Gasteiger partial charge in [-0.15, -0.1) is 11.3 Å². The summed E-state index contributed by atoms with van der Waals surface area (Å²) in [5.74, 6) is -0.936. The highest BCUT2D eigenvalue weighted by Gasteiger charge is 2.18. The van der Waals surface area contributed by atoms with Crippen LogP contribution in [0.15, 0.2) is 46.7 Å². The molecule has 1 aromatic heterocycles. The molecule has 0 aliphatic heterocycles. The van der Waals surface area contributed by atoms with Crippen molar-refractivity contribution in [2.75, 3.05) is 5.32 Å². The minimum absolute atomic E-state index is 0.0549. The number of anilines is 1. The minimum Gasteiger partial charge on any atom is -0.453 e. The van der Waals surface area contributed by atoms with E-state index in [0.717, 1.165) is 6.42 Å². The fourth-order valence-electron chi connectivity index (χ4n) is 2.14. The van der Waals surface area contributed by atoms with Crippen molar-refractivity contribution in [2.24, 2.45) is 5.14 Å². The Bertz CT molecular complexity index is 846. The number of primary sulfonamides is 1. The highest BCUT2D eigenvalue weighted by molar-refractivity contribution is 7.89. The van der Waals surface area contributed by atoms with Crippen LogP contribution < -0.4 is 10.5 Å². The molecule has 1 heterocycles. The maximum Gasteiger partial charge on any atom is 0.306 e. The Morgan fingerprint density at radius 2 is 1.92 bits per heavy atom. The molecule has 0 saturated carbocycles. The van der Waals surface area contributed by atoms with Crippen LogP contribution in [0.25, 0.3) is 0 Å². The third-order valence-electron chi connectivity index (χ3n) is 3.51. The number of aryl methyl sites for hydroxylation is 1. The van der Waals surface area contributed by atoms with E-state index in [1.165, 1.54) is 36.1 Å². The third kappa shape index (κ3) is 6.25. The van der Waals surface area contributed by atoms with Gasteiger partial charge in [-0.05, 0) is 55.5 Å². The number of esters is 1. The van der Waals surface area contributed by atoms with Gasteiger partial charge in [0.05, 0.1) is 4.90 Å². The van der Waals surface area contributed by atoms with Crippen molar-refractivity contribution >= 4 is 38.9 Å². The van der Waals surface area contributed by atoms with Gasteiger partial charge in [0, 0.05) is 17.0 Å². The van der Waals surface area contributed by atoms with Crippen LogP contribution in [-0.2, 0) is 30.8 Å². The first kappa shape index (κ1) is 20.1. The van der Waals surface area contributed by atoms with Gasteiger partial charge in [0.15, 0.2) is 6.10 Å². The summed E-state index contributed by atoms with van der Waals surface area (Å²) in [5, 5.41) is 9.55. The molecule has 0 spiro atoms. The van der Waals surface area contributed by atoms with Gasteiger partial charge in [-0.25, -0.2) is 13.6 Å². The maximum atomic E-state index is 12.1. The van der Waals surface area contributed by atoms with E-state index in [9.17, 15) is 18.0 Å². The number of carbonyl (C=O) groups is 2. The number of carbonyl (C=O) groups excluding carboxylic acids is 2. The molecule has 9 heteroatoms. The first-order chi connectivity index (χ1) is 12.3. The predicted molar refractivity (Wildman–Crippen MR) is 99.3 cm³/mol. The Balaban J connectivity index is 1.78. The Kier molecular flexibility index (Phi) is 6.90. The number of thiophene rings is 1. The predicted octanol–water partition coefficient (Wildman–Crippen LogP) is 2.29. The molecule has 0 bridgehead atoms. The summed E-state index contributed by atoms with van der Waals surface area (Å²) in [5.41, 5.74) is 0.378. The summed E-state index contributed by atoms with van der Waals surface area (Å²) in [6.45, 7) is 1.48. The van der Waals surface area contributed by atoms with Crippen LogP contribution in [-0.4, -0.2) is 26.4 Å². The summed E-state index contributed by atoms with van der Waals surface area (Å²) in [6.07, 6.45) is 0.729. The van der Waals surface area contributed by atoms with E-state index in [1.54, 1.807) is 11.3 Å². The van der Waals surface area contributed by atoms with Gasteiger partial charge in [0.1, 0.15) is 0 Å². The quantitative estimate of drug-likeness (QED) is 0.664. The lowest BCUT2D eigenvalue weighted by molar-refractivity contribution is -0.153. The zero-order valence-electron chi connectivity index (χ0n) is 14.2. The van der Waals surface area contributed by atoms with Gasteiger partial charge < -0.3 is 10.1 Å². The first-order valence-corrected chi connectivity index (χ1v) is 10.3. The van der Waals surface area contributed by atoms with Crippen molar-refractivity contribution in [1.29, 1.82) is 0 Å². The van der Waals surface area contributed by atoms with Gasteiger partial charge in [-0.2, -0.15) is 0 Å². The molecule has 0 aliphatic carbocycles. The lowest BCUT2D eigenvalue weighted by Crippen LogP contribution is -2.30. The van der Waals surface area contributed by atoms with Crippen molar-refractivity contribution in [3.63, 3.8) is 0 Å². The molecule has 7 nitrogen and oxygen atoms in total. The molecule has 0 aliphatic rings. The third-order valence-corrected chi connectivity index (χ3v) is 5.38. The second kappa shape index (κ2) is 8.93. The zero-order valence-corrected chi connectivity index (χ0v) is 15.8. The van der Waals surface area contributed by atoms with Crippen LogP contribution in [0.2, 0.25) is 0 Å². The van der Waals surface area contributed by atoms with Crippen molar-refractivity contribution in [3.05, 3.63) is 46.7 Å². The molecular formula is C17H20N2O5S2. The number of benzene rings is 1. The fraction of sp³-hybridized carbons (Fsp3) is 0.294. The van der Waals surface area contributed by atoms with E-state index in [0.29, 0.717) is 12.1 Å². The average Bonchev–Trinajstić information content (AvgIpc) is 3.07. The Morgan fingerprint density at radius 3 is 2.50 bits per heavy atom. The number of hydrogen-bond donors (Lipinski definition) is 2. The number of ether oxygens (including phenoxy) is 1. The van der Waals surface area contributed by atoms with Gasteiger partial charge in [-0.1, -0.05) is 6.07 Å². The van der Waals surface area contributed by atoms with Crippen LogP contribution in [0.5, 0.6) is 0 Å². The molecule has 140 valence electrons. The van der Waals surface area contributed by atoms with Crippen molar-refractivity contribution in [1.82, 2.24) is 0 Å². The van der Waals surface area contributed by atoms with Crippen LogP contribution in [0.3, 0.4) is 0 Å². The SMILES string of the molecule is C[C@H](OC(=O)CCCc1cccs1)C(=O)Nc1ccc(S(N)(=O)=O)cc1. The zero-order chi connectivity index (χ0) is 19.2. The molecule has 0 radical (unpaired) electrons. The monoisotopic (exact) mass is 396 g/mol. The first-order valence-electron chi connectivity index (χ1n) is 7.91. The summed E-state index contributed by atoms with van der Waals surface area (Å²) < 4.78 is 27.5. The number of amides is 1. The molecule has 3 N–H and O–H groups in total. The minimum atomic E-state index is -3.79. The number of sulfonamides is 1. The number of nitrogens with two attached hydrogens (primary N) is 1. The molecular weight excluding hydrogens is 376 g/mol. The van der Waals surface area contributed by atoms with Gasteiger partial charge in [0.25, 0.3) is 5.91 Å². The maximum absolute atomic E-state index is 12.1. The van der Waals surface area contributed by atoms with E-state index in [2.05, 4.69) is 5.32 Å². The van der Waals surface area contributed by atoms with Crippen LogP contribution >= 0.6 is 11.3 Å². The van der Waals surface area contributed by atoms with E-state index in [4.69, 9.17) is 9.88 Å². The lowest BCUT2D eigenvalue weighted by atomic mass is 10.2. The average molecular weight is 396 g/mol. The van der Waals surface area contributed by atoms with Crippen LogP contribution in [0.4, 0.5) is 5.69 Å². The van der Waals surface area contributed by atoms with Crippen LogP contribution in [0, 0.1) is 0 Å². The number of rotatable bonds is 8. The van der Waals surface area contributed by atoms with Gasteiger partial charge >= 0.3 is 5.97 Å². The Hall–Kier alpha value is -2.23. The summed E-state index contributed by atoms with van der Waals surface area (Å²) in [6, 6.07) is 9.35. The fourth-order valence-corrected chi connectivity index (χ4v) is 3.41. The summed E-state index contributed by atoms with van der Waals surface area (Å²) in [4.78, 5) is 25.0. The summed E-state index contributed by atoms with van der Waals surface area (Å²) >= 11 is 1.64. The molecule has 0 saturated heterocycles. The number of nitrogens with one attached hydrogen (secondary N) is 1. The summed E-state index contributed by atoms with van der Waals surface area (Å²) in [7, 11) is -3.79. The highest BCUT2D eigenvalue weighted by Crippen LogP contribution is 2.14. The normalized spacial score (nSPS) is 12.4. The Morgan fingerprint density at radius 1 is 1.23 bits per heavy atom. The molecule has 2 aromatic rings. The van der Waals surface area contributed by atoms with Crippen molar-refractivity contribution < 1.29 is 22.7 Å². The van der Waals surface area contributed by atoms with Crippen molar-refractivity contribution in [2.45, 2.75) is 37.2 Å². The number of hydrogen-bond acceptors (Lipinski definition) is 6. The van der Waals surface area contributed by atoms with E-state index in [1.807, 2.05) is 17.5 Å². The molecule has 1 aromatic carbocycles. The molecule has 26 heavy (non-hydrogen) atoms. The molecule has 1 amide bonds. The molecule has 0 fully saturated rings. The van der Waals surface area contributed by atoms with Gasteiger partial charge in [-0.3, -0.25) is 9.59 Å². The second-order valence-electron chi connectivity index (χ2n) is 5.62. The van der Waals surface area contributed by atoms with E-state index >= 15 is 0 Å². The molecule has 0 unspecified atom stereocenters. The van der Waals surface area contributed by atoms with Crippen LogP contribution in [0.1, 0.15) is 24.6 Å². The van der Waals surface area contributed by atoms with E-state index < -0.39 is 28.0 Å². The topological polar surface area (TPSA) is 116 Å². The smallest absolute Gasteiger partial charge is 0.306 e. The highest BCUT2D eigenvalue weighted by atomic mass is 32.2. The van der Waals surface area contributed by atoms with E-state index in [-0.39, 0.29) is 11.3 Å². The largest absolute Gasteiger partial charge is 0.453 e. The van der Waals surface area contributed by atoms with Crippen molar-refractivity contribution in [3.8, 4) is 0 Å². The standard InChI is InChI=1S/C17H20N2O5S2/c1-12(24-16(20)6-2-4-14-5-3-11-25-14)17(21)19-13-7-9-15(10-8-13)26(18,22)23/h3,5,7-12H,2,4,6H2,1H3,(H,19,21)(H2,18,22,23)/t12-/m0/s1. The Labute approximate surface area is 156 Å².